The van der Waals surface area contributed by atoms with E-state index in [-0.39, 0.29) is 0 Å². The lowest BCUT2D eigenvalue weighted by atomic mass is 10.1. The molecule has 136 valence electrons. The third kappa shape index (κ3) is 6.74. The highest BCUT2D eigenvalue weighted by Gasteiger charge is 2.09. The number of nitrogens with one attached hydrogen (secondary N) is 1. The van der Waals surface area contributed by atoms with E-state index >= 15 is 0 Å². The van der Waals surface area contributed by atoms with Crippen molar-refractivity contribution in [2.45, 2.75) is 27.4 Å². The predicted octanol–water partition coefficient (Wildman–Crippen LogP) is 3.83. The highest BCUT2D eigenvalue weighted by Crippen LogP contribution is 2.28. The molecule has 0 heterocycles. The molecular formula is C19H26ClN3O2. The number of hydrogen-bond donors (Lipinski definition) is 2. The number of hydrogen-bond acceptors (Lipinski definition) is 4. The van der Waals surface area contributed by atoms with Crippen LogP contribution in [0.3, 0.4) is 0 Å². The average molecular weight is 364 g/mol. The summed E-state index contributed by atoms with van der Waals surface area (Å²) in [4.78, 5) is 10.7. The second kappa shape index (κ2) is 10.0. The summed E-state index contributed by atoms with van der Waals surface area (Å²) in [6.07, 6.45) is 0.635. The van der Waals surface area contributed by atoms with E-state index in [1.54, 1.807) is 32.3 Å². The highest BCUT2D eigenvalue weighted by molar-refractivity contribution is 6.31. The van der Waals surface area contributed by atoms with Crippen LogP contribution < -0.4 is 15.9 Å². The lowest BCUT2D eigenvalue weighted by Gasteiger charge is -2.14. The number of anilines is 1. The van der Waals surface area contributed by atoms with Crippen LogP contribution in [0.15, 0.2) is 30.3 Å². The van der Waals surface area contributed by atoms with Crippen molar-refractivity contribution in [3.8, 4) is 5.75 Å². The van der Waals surface area contributed by atoms with Crippen LogP contribution in [-0.4, -0.2) is 25.5 Å². The third-order valence-corrected chi connectivity index (χ3v) is 3.85. The van der Waals surface area contributed by atoms with Gasteiger partial charge in [0.2, 0.25) is 6.41 Å². The van der Waals surface area contributed by atoms with Crippen molar-refractivity contribution in [3.05, 3.63) is 57.6 Å². The summed E-state index contributed by atoms with van der Waals surface area (Å²) in [5.41, 5.74) is 4.93. The fourth-order valence-electron chi connectivity index (χ4n) is 2.14. The molecular weight excluding hydrogens is 338 g/mol. The Morgan fingerprint density at radius 3 is 2.36 bits per heavy atom. The van der Waals surface area contributed by atoms with E-state index in [2.05, 4.69) is 25.2 Å². The summed E-state index contributed by atoms with van der Waals surface area (Å²) in [5, 5.41) is 4.72. The van der Waals surface area contributed by atoms with E-state index in [4.69, 9.17) is 22.2 Å². The molecule has 0 fully saturated rings. The molecule has 1 amide bonds. The van der Waals surface area contributed by atoms with E-state index in [1.165, 1.54) is 16.1 Å². The van der Waals surface area contributed by atoms with Crippen molar-refractivity contribution in [2.75, 3.05) is 19.4 Å². The zero-order chi connectivity index (χ0) is 19.0. The van der Waals surface area contributed by atoms with E-state index < -0.39 is 0 Å². The Morgan fingerprint density at radius 1 is 1.16 bits per heavy atom. The minimum absolute atomic E-state index is 0.305. The van der Waals surface area contributed by atoms with Crippen molar-refractivity contribution >= 4 is 23.7 Å². The summed E-state index contributed by atoms with van der Waals surface area (Å²) in [6.45, 7) is 6.45. The number of amides is 1. The molecule has 25 heavy (non-hydrogen) atoms. The van der Waals surface area contributed by atoms with Gasteiger partial charge in [-0.2, -0.15) is 0 Å². The fraction of sp³-hybridized carbons (Fsp3) is 0.316. The molecule has 0 bridgehead atoms. The molecule has 0 aliphatic heterocycles. The summed E-state index contributed by atoms with van der Waals surface area (Å²) < 4.78 is 5.89. The van der Waals surface area contributed by atoms with Gasteiger partial charge in [-0.1, -0.05) is 23.7 Å². The van der Waals surface area contributed by atoms with Gasteiger partial charge in [-0.05, 0) is 55.7 Å². The largest absolute Gasteiger partial charge is 0.488 e. The van der Waals surface area contributed by atoms with Crippen LogP contribution in [0.25, 0.3) is 0 Å². The first-order valence-corrected chi connectivity index (χ1v) is 8.24. The topological polar surface area (TPSA) is 67.6 Å². The Labute approximate surface area is 154 Å². The van der Waals surface area contributed by atoms with Crippen molar-refractivity contribution in [2.24, 2.45) is 5.84 Å². The minimum atomic E-state index is 0.305. The molecule has 2 rings (SSSR count). The predicted molar refractivity (Wildman–Crippen MR) is 104 cm³/mol. The quantitative estimate of drug-likeness (QED) is 0.481. The third-order valence-electron chi connectivity index (χ3n) is 3.50. The monoisotopic (exact) mass is 363 g/mol. The van der Waals surface area contributed by atoms with E-state index in [1.807, 2.05) is 13.0 Å². The highest BCUT2D eigenvalue weighted by atomic mass is 35.5. The van der Waals surface area contributed by atoms with Gasteiger partial charge in [-0.25, -0.2) is 0 Å². The molecule has 0 atom stereocenters. The minimum Gasteiger partial charge on any atom is -0.488 e. The van der Waals surface area contributed by atoms with Gasteiger partial charge in [-0.15, -0.1) is 0 Å². The molecule has 0 aromatic heterocycles. The number of nitrogens with two attached hydrogens (primary N) is 1. The summed E-state index contributed by atoms with van der Waals surface area (Å²) in [5.74, 6) is 5.77. The van der Waals surface area contributed by atoms with E-state index in [0.29, 0.717) is 23.7 Å². The molecule has 6 heteroatoms. The number of nitrogens with zero attached hydrogens (tertiary/aromatic N) is 1. The maximum atomic E-state index is 10.7. The number of rotatable bonds is 5. The first kappa shape index (κ1) is 21.0. The lowest BCUT2D eigenvalue weighted by molar-refractivity contribution is -0.105. The van der Waals surface area contributed by atoms with Crippen molar-refractivity contribution in [3.63, 3.8) is 0 Å². The maximum Gasteiger partial charge on any atom is 0.211 e. The van der Waals surface area contributed by atoms with Gasteiger partial charge in [-0.3, -0.25) is 15.6 Å². The normalized spacial score (nSPS) is 10.1. The van der Waals surface area contributed by atoms with Crippen LogP contribution in [0.4, 0.5) is 5.69 Å². The summed E-state index contributed by atoms with van der Waals surface area (Å²) in [7, 11) is 3.56. The Morgan fingerprint density at radius 2 is 1.76 bits per heavy atom. The number of carbonyl (C=O) groups excluding carboxylic acids is 1. The van der Waals surface area contributed by atoms with Crippen LogP contribution in [0.5, 0.6) is 5.75 Å². The zero-order valence-electron chi connectivity index (χ0n) is 15.4. The molecule has 0 saturated heterocycles. The van der Waals surface area contributed by atoms with Crippen LogP contribution in [0, 0.1) is 20.8 Å². The van der Waals surface area contributed by atoms with Gasteiger partial charge in [0.05, 0.1) is 0 Å². The number of halogens is 1. The van der Waals surface area contributed by atoms with Crippen LogP contribution >= 0.6 is 11.6 Å². The number of benzene rings is 2. The Bertz CT molecular complexity index is 715. The number of aryl methyl sites for hydroxylation is 3. The van der Waals surface area contributed by atoms with Crippen molar-refractivity contribution in [1.29, 1.82) is 0 Å². The molecule has 0 aliphatic carbocycles. The van der Waals surface area contributed by atoms with Gasteiger partial charge in [0.15, 0.2) is 0 Å². The molecule has 0 radical (unpaired) electrons. The van der Waals surface area contributed by atoms with Gasteiger partial charge >= 0.3 is 0 Å². The average Bonchev–Trinajstić information content (AvgIpc) is 2.51. The van der Waals surface area contributed by atoms with Crippen LogP contribution in [-0.2, 0) is 11.4 Å². The van der Waals surface area contributed by atoms with Crippen molar-refractivity contribution < 1.29 is 9.53 Å². The molecule has 2 aromatic rings. The molecule has 0 unspecified atom stereocenters. The first-order valence-electron chi connectivity index (χ1n) is 7.86. The SMILES string of the molecule is CN(C)N.Cc1cc(C)c(OCc2c(Cl)cccc2NC=O)cc1C. The maximum absolute atomic E-state index is 10.7. The standard InChI is InChI=1S/C17H18ClNO2.C2H8N2/c1-11-7-13(3)17(8-12(11)2)21-9-14-15(18)5-4-6-16(14)19-10-20;1-4(2)3/h4-8,10H,9H2,1-3H3,(H,19,20);3H2,1-2H3. The van der Waals surface area contributed by atoms with Gasteiger partial charge in [0.1, 0.15) is 12.4 Å². The second-order valence-electron chi connectivity index (χ2n) is 5.98. The van der Waals surface area contributed by atoms with Gasteiger partial charge in [0.25, 0.3) is 0 Å². The van der Waals surface area contributed by atoms with Gasteiger partial charge < -0.3 is 10.1 Å². The number of carbonyl (C=O) groups is 1. The first-order chi connectivity index (χ1) is 11.8. The Balaban J connectivity index is 0.000000705. The summed E-state index contributed by atoms with van der Waals surface area (Å²) >= 11 is 6.19. The van der Waals surface area contributed by atoms with Gasteiger partial charge in [0, 0.05) is 30.4 Å². The Kier molecular flexibility index (Phi) is 8.41. The Hall–Kier alpha value is -2.08. The molecule has 0 aliphatic rings. The molecule has 0 spiro atoms. The molecule has 2 aromatic carbocycles. The smallest absolute Gasteiger partial charge is 0.211 e. The summed E-state index contributed by atoms with van der Waals surface area (Å²) in [6, 6.07) is 9.49. The molecule has 5 nitrogen and oxygen atoms in total. The fourth-order valence-corrected chi connectivity index (χ4v) is 2.37. The number of ether oxygens (including phenoxy) is 1. The van der Waals surface area contributed by atoms with Crippen LogP contribution in [0.2, 0.25) is 5.02 Å². The second-order valence-corrected chi connectivity index (χ2v) is 6.39. The molecule has 3 N–H and O–H groups in total. The van der Waals surface area contributed by atoms with E-state index in [0.717, 1.165) is 16.9 Å². The van der Waals surface area contributed by atoms with E-state index in [9.17, 15) is 4.79 Å². The van der Waals surface area contributed by atoms with Crippen LogP contribution in [0.1, 0.15) is 22.3 Å². The lowest BCUT2D eigenvalue weighted by Crippen LogP contribution is -2.18. The molecule has 0 saturated carbocycles. The number of hydrazine groups is 1. The zero-order valence-corrected chi connectivity index (χ0v) is 16.1. The van der Waals surface area contributed by atoms with Crippen molar-refractivity contribution in [1.82, 2.24) is 5.01 Å².